The number of phenolic OH excluding ortho intramolecular Hbond substituents is 2. The number of fused-ring (bicyclic) bond motifs is 2. The lowest BCUT2D eigenvalue weighted by molar-refractivity contribution is 0.0854. The number of rotatable bonds is 0. The second-order valence-electron chi connectivity index (χ2n) is 5.74. The summed E-state index contributed by atoms with van der Waals surface area (Å²) in [5, 5.41) is 30.9. The Balaban J connectivity index is 2.45. The van der Waals surface area contributed by atoms with E-state index in [-0.39, 0.29) is 22.8 Å². The molecule has 1 aliphatic carbocycles. The van der Waals surface area contributed by atoms with E-state index in [1.165, 1.54) is 12.1 Å². The lowest BCUT2D eigenvalue weighted by atomic mass is 9.73. The molecule has 4 heteroatoms. The second kappa shape index (κ2) is 4.09. The Labute approximate surface area is 122 Å². The van der Waals surface area contributed by atoms with Crippen molar-refractivity contribution in [1.82, 2.24) is 0 Å². The first-order valence-corrected chi connectivity index (χ1v) is 6.69. The van der Waals surface area contributed by atoms with E-state index in [1.54, 1.807) is 32.9 Å². The van der Waals surface area contributed by atoms with Crippen LogP contribution >= 0.6 is 0 Å². The van der Waals surface area contributed by atoms with Gasteiger partial charge in [-0.1, -0.05) is 12.1 Å². The maximum atomic E-state index is 12.7. The van der Waals surface area contributed by atoms with Gasteiger partial charge in [-0.25, -0.2) is 0 Å². The monoisotopic (exact) mass is 284 g/mol. The molecule has 2 aromatic rings. The van der Waals surface area contributed by atoms with Crippen LogP contribution in [0.3, 0.4) is 0 Å². The van der Waals surface area contributed by atoms with E-state index in [4.69, 9.17) is 0 Å². The number of ketones is 1. The minimum atomic E-state index is -1.45. The summed E-state index contributed by atoms with van der Waals surface area (Å²) in [5.74, 6) is -0.430. The summed E-state index contributed by atoms with van der Waals surface area (Å²) in [4.78, 5) is 12.7. The van der Waals surface area contributed by atoms with Gasteiger partial charge in [0.1, 0.15) is 17.1 Å². The molecule has 0 bridgehead atoms. The summed E-state index contributed by atoms with van der Waals surface area (Å²) in [6, 6.07) is 6.19. The van der Waals surface area contributed by atoms with Gasteiger partial charge in [0.2, 0.25) is 0 Å². The molecule has 0 saturated heterocycles. The van der Waals surface area contributed by atoms with E-state index in [2.05, 4.69) is 0 Å². The van der Waals surface area contributed by atoms with Crippen LogP contribution in [0.1, 0.15) is 45.1 Å². The molecule has 108 valence electrons. The van der Waals surface area contributed by atoms with Gasteiger partial charge in [-0.15, -0.1) is 0 Å². The van der Waals surface area contributed by atoms with Crippen LogP contribution < -0.4 is 0 Å². The van der Waals surface area contributed by atoms with E-state index < -0.39 is 5.60 Å². The molecule has 0 saturated carbocycles. The SMILES string of the molecule is Cc1ccc2c(c1O)C(=O)c1c(C)cc(O)cc1[C@]2(C)O. The highest BCUT2D eigenvalue weighted by Gasteiger charge is 2.41. The highest BCUT2D eigenvalue weighted by molar-refractivity contribution is 6.15. The van der Waals surface area contributed by atoms with Crippen molar-refractivity contribution in [3.8, 4) is 11.5 Å². The van der Waals surface area contributed by atoms with Crippen LogP contribution in [0.2, 0.25) is 0 Å². The van der Waals surface area contributed by atoms with E-state index in [9.17, 15) is 20.1 Å². The predicted octanol–water partition coefficient (Wildman–Crippen LogP) is 2.51. The average Bonchev–Trinajstić information content (AvgIpc) is 2.38. The van der Waals surface area contributed by atoms with Crippen LogP contribution in [0.25, 0.3) is 0 Å². The molecule has 2 aromatic carbocycles. The maximum Gasteiger partial charge on any atom is 0.197 e. The first-order chi connectivity index (χ1) is 9.75. The molecular formula is C17H16O4. The van der Waals surface area contributed by atoms with Crippen molar-refractivity contribution in [2.24, 2.45) is 0 Å². The summed E-state index contributed by atoms with van der Waals surface area (Å²) in [5.41, 5.74) is 0.897. The molecule has 0 aromatic heterocycles. The third kappa shape index (κ3) is 1.69. The Kier molecular flexibility index (Phi) is 2.65. The van der Waals surface area contributed by atoms with Crippen molar-refractivity contribution >= 4 is 5.78 Å². The second-order valence-corrected chi connectivity index (χ2v) is 5.74. The molecule has 0 radical (unpaired) electrons. The molecule has 0 aliphatic heterocycles. The number of phenols is 2. The Morgan fingerprint density at radius 3 is 2.29 bits per heavy atom. The fourth-order valence-electron chi connectivity index (χ4n) is 3.05. The number of aromatic hydroxyl groups is 2. The molecule has 1 atom stereocenters. The number of hydrogen-bond acceptors (Lipinski definition) is 4. The van der Waals surface area contributed by atoms with Gasteiger partial charge in [0.05, 0.1) is 5.56 Å². The number of hydrogen-bond donors (Lipinski definition) is 3. The maximum absolute atomic E-state index is 12.7. The topological polar surface area (TPSA) is 77.8 Å². The van der Waals surface area contributed by atoms with Crippen LogP contribution in [0, 0.1) is 13.8 Å². The van der Waals surface area contributed by atoms with Crippen molar-refractivity contribution in [3.05, 3.63) is 57.6 Å². The number of carbonyl (C=O) groups excluding carboxylic acids is 1. The third-order valence-electron chi connectivity index (χ3n) is 4.20. The van der Waals surface area contributed by atoms with Gasteiger partial charge in [-0.3, -0.25) is 4.79 Å². The van der Waals surface area contributed by atoms with Crippen LogP contribution in [-0.4, -0.2) is 21.1 Å². The first-order valence-electron chi connectivity index (χ1n) is 6.69. The van der Waals surface area contributed by atoms with Gasteiger partial charge < -0.3 is 15.3 Å². The van der Waals surface area contributed by atoms with Gasteiger partial charge in [0, 0.05) is 16.7 Å². The summed E-state index contributed by atoms with van der Waals surface area (Å²) in [6.07, 6.45) is 0. The molecule has 1 aliphatic rings. The lowest BCUT2D eigenvalue weighted by Crippen LogP contribution is -2.33. The van der Waals surface area contributed by atoms with Crippen molar-refractivity contribution in [2.75, 3.05) is 0 Å². The molecule has 3 rings (SSSR count). The predicted molar refractivity (Wildman–Crippen MR) is 77.8 cm³/mol. The Bertz CT molecular complexity index is 788. The summed E-state index contributed by atoms with van der Waals surface area (Å²) < 4.78 is 0. The van der Waals surface area contributed by atoms with Gasteiger partial charge in [-0.2, -0.15) is 0 Å². The van der Waals surface area contributed by atoms with Crippen LogP contribution in [0.15, 0.2) is 24.3 Å². The zero-order valence-electron chi connectivity index (χ0n) is 12.1. The van der Waals surface area contributed by atoms with Gasteiger partial charge >= 0.3 is 0 Å². The van der Waals surface area contributed by atoms with Crippen molar-refractivity contribution < 1.29 is 20.1 Å². The highest BCUT2D eigenvalue weighted by atomic mass is 16.3. The third-order valence-corrected chi connectivity index (χ3v) is 4.20. The smallest absolute Gasteiger partial charge is 0.197 e. The molecule has 4 nitrogen and oxygen atoms in total. The minimum Gasteiger partial charge on any atom is -0.508 e. The van der Waals surface area contributed by atoms with Gasteiger partial charge in [0.15, 0.2) is 5.78 Å². The van der Waals surface area contributed by atoms with Crippen LogP contribution in [0.5, 0.6) is 11.5 Å². The molecule has 0 unspecified atom stereocenters. The quantitative estimate of drug-likeness (QED) is 0.694. The number of carbonyl (C=O) groups is 1. The fraction of sp³-hybridized carbons (Fsp3) is 0.235. The molecule has 3 N–H and O–H groups in total. The van der Waals surface area contributed by atoms with Crippen molar-refractivity contribution in [3.63, 3.8) is 0 Å². The minimum absolute atomic E-state index is 0.000825. The molecule has 0 fully saturated rings. The Morgan fingerprint density at radius 2 is 1.62 bits per heavy atom. The van der Waals surface area contributed by atoms with Crippen LogP contribution in [0.4, 0.5) is 0 Å². The number of aryl methyl sites for hydroxylation is 2. The molecule has 0 amide bonds. The van der Waals surface area contributed by atoms with Crippen molar-refractivity contribution in [1.29, 1.82) is 0 Å². The zero-order chi connectivity index (χ0) is 15.5. The summed E-state index contributed by atoms with van der Waals surface area (Å²) >= 11 is 0. The largest absolute Gasteiger partial charge is 0.508 e. The number of benzene rings is 2. The van der Waals surface area contributed by atoms with E-state index in [0.717, 1.165) is 0 Å². The standard InChI is InChI=1S/C17H16O4/c1-8-4-5-11-14(15(8)19)16(20)13-9(2)6-10(18)7-12(13)17(11,3)21/h4-7,18-19,21H,1-3H3/t17-/m1/s1. The van der Waals surface area contributed by atoms with Gasteiger partial charge in [0.25, 0.3) is 0 Å². The molecule has 0 heterocycles. The average molecular weight is 284 g/mol. The molecule has 21 heavy (non-hydrogen) atoms. The zero-order valence-corrected chi connectivity index (χ0v) is 12.1. The first kappa shape index (κ1) is 13.6. The molecule has 0 spiro atoms. The van der Waals surface area contributed by atoms with E-state index in [0.29, 0.717) is 27.8 Å². The van der Waals surface area contributed by atoms with E-state index >= 15 is 0 Å². The Hall–Kier alpha value is -2.33. The number of aliphatic hydroxyl groups is 1. The van der Waals surface area contributed by atoms with E-state index in [1.807, 2.05) is 0 Å². The van der Waals surface area contributed by atoms with Gasteiger partial charge in [-0.05, 0) is 44.0 Å². The van der Waals surface area contributed by atoms with Crippen LogP contribution in [-0.2, 0) is 5.60 Å². The summed E-state index contributed by atoms with van der Waals surface area (Å²) in [6.45, 7) is 4.96. The normalized spacial score (nSPS) is 20.1. The molecular weight excluding hydrogens is 268 g/mol. The fourth-order valence-corrected chi connectivity index (χ4v) is 3.05. The lowest BCUT2D eigenvalue weighted by Gasteiger charge is -2.34. The summed E-state index contributed by atoms with van der Waals surface area (Å²) in [7, 11) is 0. The Morgan fingerprint density at radius 1 is 0.952 bits per heavy atom. The highest BCUT2D eigenvalue weighted by Crippen LogP contribution is 2.45. The van der Waals surface area contributed by atoms with Crippen molar-refractivity contribution in [2.45, 2.75) is 26.4 Å².